The average Bonchev–Trinajstić information content (AvgIpc) is 2.46. The van der Waals surface area contributed by atoms with E-state index in [1.807, 2.05) is 13.8 Å². The molecule has 0 saturated carbocycles. The fraction of sp³-hybridized carbons (Fsp3) is 0.500. The summed E-state index contributed by atoms with van der Waals surface area (Å²) in [6.45, 7) is 3.95. The van der Waals surface area contributed by atoms with E-state index in [1.165, 1.54) is 25.3 Å². The van der Waals surface area contributed by atoms with Crippen molar-refractivity contribution in [3.05, 3.63) is 28.3 Å². The fourth-order valence-corrected chi connectivity index (χ4v) is 1.69. The van der Waals surface area contributed by atoms with Crippen LogP contribution >= 0.6 is 0 Å². The second-order valence-corrected chi connectivity index (χ2v) is 5.41. The van der Waals surface area contributed by atoms with Crippen molar-refractivity contribution in [2.45, 2.75) is 25.8 Å². The highest BCUT2D eigenvalue weighted by Gasteiger charge is 2.16. The number of rotatable bonds is 8. The first-order valence-corrected chi connectivity index (χ1v) is 6.77. The van der Waals surface area contributed by atoms with E-state index in [2.05, 4.69) is 10.6 Å². The van der Waals surface area contributed by atoms with Gasteiger partial charge in [0, 0.05) is 30.6 Å². The first-order valence-electron chi connectivity index (χ1n) is 6.77. The molecule has 0 atom stereocenters. The summed E-state index contributed by atoms with van der Waals surface area (Å²) in [5.74, 6) is 0.0441. The van der Waals surface area contributed by atoms with Crippen molar-refractivity contribution in [3.63, 3.8) is 0 Å². The fourth-order valence-electron chi connectivity index (χ4n) is 1.69. The van der Waals surface area contributed by atoms with Gasteiger partial charge in [-0.15, -0.1) is 0 Å². The zero-order chi connectivity index (χ0) is 16.8. The number of amides is 1. The van der Waals surface area contributed by atoms with Crippen LogP contribution in [0, 0.1) is 10.1 Å². The molecule has 1 aromatic carbocycles. The lowest BCUT2D eigenvalue weighted by Gasteiger charge is -2.23. The molecule has 0 aliphatic carbocycles. The maximum atomic E-state index is 11.9. The molecule has 0 bridgehead atoms. The molecule has 0 heterocycles. The van der Waals surface area contributed by atoms with Crippen molar-refractivity contribution in [1.82, 2.24) is 5.32 Å². The van der Waals surface area contributed by atoms with Crippen LogP contribution < -0.4 is 15.4 Å². The van der Waals surface area contributed by atoms with Crippen LogP contribution in [0.4, 0.5) is 11.4 Å². The average molecular weight is 311 g/mol. The summed E-state index contributed by atoms with van der Waals surface area (Å²) in [4.78, 5) is 22.1. The maximum Gasteiger partial charge on any atom is 0.271 e. The zero-order valence-electron chi connectivity index (χ0n) is 12.9. The topological polar surface area (TPSA) is 114 Å². The molecule has 0 spiro atoms. The highest BCUT2D eigenvalue weighted by Crippen LogP contribution is 2.28. The summed E-state index contributed by atoms with van der Waals surface area (Å²) >= 11 is 0. The molecule has 0 aliphatic heterocycles. The predicted molar refractivity (Wildman–Crippen MR) is 82.1 cm³/mol. The number of aliphatic hydroxyl groups is 1. The second-order valence-electron chi connectivity index (χ2n) is 5.41. The van der Waals surface area contributed by atoms with Gasteiger partial charge in [-0.2, -0.15) is 0 Å². The largest absolute Gasteiger partial charge is 0.495 e. The summed E-state index contributed by atoms with van der Waals surface area (Å²) in [5, 5.41) is 25.5. The van der Waals surface area contributed by atoms with E-state index in [-0.39, 0.29) is 30.3 Å². The lowest BCUT2D eigenvalue weighted by molar-refractivity contribution is -0.384. The molecule has 1 aromatic rings. The molecule has 0 saturated heterocycles. The number of benzene rings is 1. The maximum absolute atomic E-state index is 11.9. The minimum Gasteiger partial charge on any atom is -0.495 e. The molecular weight excluding hydrogens is 290 g/mol. The third kappa shape index (κ3) is 5.30. The van der Waals surface area contributed by atoms with Crippen molar-refractivity contribution in [3.8, 4) is 5.75 Å². The summed E-state index contributed by atoms with van der Waals surface area (Å²) in [6, 6.07) is 3.99. The molecule has 1 rings (SSSR count). The lowest BCUT2D eigenvalue weighted by atomic mass is 10.1. The van der Waals surface area contributed by atoms with E-state index in [1.54, 1.807) is 0 Å². The minimum absolute atomic E-state index is 0.0483. The SMILES string of the molecule is COc1ccc([N+](=O)[O-])cc1NC(=O)CCNC(C)(C)CO. The summed E-state index contributed by atoms with van der Waals surface area (Å²) in [5.41, 5.74) is -0.345. The molecular formula is C14H21N3O5. The third-order valence-corrected chi connectivity index (χ3v) is 3.02. The number of carbonyl (C=O) groups is 1. The normalized spacial score (nSPS) is 11.1. The number of nitro benzene ring substituents is 1. The Labute approximate surface area is 128 Å². The van der Waals surface area contributed by atoms with Gasteiger partial charge in [-0.3, -0.25) is 14.9 Å². The Bertz CT molecular complexity index is 545. The van der Waals surface area contributed by atoms with Crippen LogP contribution in [0.3, 0.4) is 0 Å². The molecule has 0 unspecified atom stereocenters. The van der Waals surface area contributed by atoms with Crippen molar-refractivity contribution in [2.75, 3.05) is 25.6 Å². The standard InChI is InChI=1S/C14H21N3O5/c1-14(2,9-18)15-7-6-13(19)16-11-8-10(17(20)21)4-5-12(11)22-3/h4-5,8,15,18H,6-7,9H2,1-3H3,(H,16,19). The Morgan fingerprint density at radius 2 is 2.14 bits per heavy atom. The molecule has 8 heteroatoms. The molecule has 1 amide bonds. The zero-order valence-corrected chi connectivity index (χ0v) is 12.9. The number of ether oxygens (including phenoxy) is 1. The molecule has 0 aromatic heterocycles. The highest BCUT2D eigenvalue weighted by atomic mass is 16.6. The minimum atomic E-state index is -0.541. The number of carbonyl (C=O) groups excluding carboxylic acids is 1. The van der Waals surface area contributed by atoms with Gasteiger partial charge in [-0.25, -0.2) is 0 Å². The van der Waals surface area contributed by atoms with Crippen molar-refractivity contribution in [1.29, 1.82) is 0 Å². The monoisotopic (exact) mass is 311 g/mol. The van der Waals surface area contributed by atoms with Crippen molar-refractivity contribution >= 4 is 17.3 Å². The molecule has 8 nitrogen and oxygen atoms in total. The number of anilines is 1. The van der Waals surface area contributed by atoms with Gasteiger partial charge in [-0.05, 0) is 19.9 Å². The van der Waals surface area contributed by atoms with Gasteiger partial charge in [-0.1, -0.05) is 0 Å². The summed E-state index contributed by atoms with van der Waals surface area (Å²) in [6.07, 6.45) is 0.162. The number of hydrogen-bond donors (Lipinski definition) is 3. The molecule has 122 valence electrons. The van der Waals surface area contributed by atoms with Gasteiger partial charge in [0.15, 0.2) is 0 Å². The first kappa shape index (κ1) is 17.9. The Morgan fingerprint density at radius 1 is 1.45 bits per heavy atom. The number of nitrogens with zero attached hydrogens (tertiary/aromatic N) is 1. The van der Waals surface area contributed by atoms with E-state index in [0.29, 0.717) is 12.3 Å². The van der Waals surface area contributed by atoms with Crippen LogP contribution in [0.15, 0.2) is 18.2 Å². The molecule has 0 aliphatic rings. The third-order valence-electron chi connectivity index (χ3n) is 3.02. The Balaban J connectivity index is 2.67. The molecule has 3 N–H and O–H groups in total. The van der Waals surface area contributed by atoms with Crippen LogP contribution in [-0.4, -0.2) is 41.7 Å². The van der Waals surface area contributed by atoms with E-state index < -0.39 is 10.5 Å². The quantitative estimate of drug-likeness (QED) is 0.492. The van der Waals surface area contributed by atoms with Crippen LogP contribution in [0.1, 0.15) is 20.3 Å². The number of nitrogens with one attached hydrogen (secondary N) is 2. The highest BCUT2D eigenvalue weighted by molar-refractivity contribution is 5.92. The van der Waals surface area contributed by atoms with Crippen LogP contribution in [-0.2, 0) is 4.79 Å². The van der Waals surface area contributed by atoms with Crippen molar-refractivity contribution in [2.24, 2.45) is 0 Å². The Morgan fingerprint density at radius 3 is 2.68 bits per heavy atom. The number of nitro groups is 1. The molecule has 0 fully saturated rings. The predicted octanol–water partition coefficient (Wildman–Crippen LogP) is 1.29. The van der Waals surface area contributed by atoms with E-state index in [0.717, 1.165) is 0 Å². The van der Waals surface area contributed by atoms with Gasteiger partial charge in [0.2, 0.25) is 5.91 Å². The van der Waals surface area contributed by atoms with Gasteiger partial charge in [0.1, 0.15) is 5.75 Å². The second kappa shape index (κ2) is 7.71. The Kier molecular flexibility index (Phi) is 6.26. The van der Waals surface area contributed by atoms with Crippen LogP contribution in [0.25, 0.3) is 0 Å². The molecule has 22 heavy (non-hydrogen) atoms. The van der Waals surface area contributed by atoms with Crippen LogP contribution in [0.5, 0.6) is 5.75 Å². The number of hydrogen-bond acceptors (Lipinski definition) is 6. The summed E-state index contributed by atoms with van der Waals surface area (Å²) < 4.78 is 5.07. The Hall–Kier alpha value is -2.19. The summed E-state index contributed by atoms with van der Waals surface area (Å²) in [7, 11) is 1.42. The smallest absolute Gasteiger partial charge is 0.271 e. The van der Waals surface area contributed by atoms with Gasteiger partial charge < -0.3 is 20.5 Å². The first-order chi connectivity index (χ1) is 10.3. The van der Waals surface area contributed by atoms with E-state index in [9.17, 15) is 14.9 Å². The lowest BCUT2D eigenvalue weighted by Crippen LogP contribution is -2.43. The number of methoxy groups -OCH3 is 1. The van der Waals surface area contributed by atoms with E-state index in [4.69, 9.17) is 9.84 Å². The van der Waals surface area contributed by atoms with Gasteiger partial charge in [0.25, 0.3) is 5.69 Å². The number of aliphatic hydroxyl groups excluding tert-OH is 1. The van der Waals surface area contributed by atoms with Gasteiger partial charge >= 0.3 is 0 Å². The number of non-ortho nitro benzene ring substituents is 1. The van der Waals surface area contributed by atoms with E-state index >= 15 is 0 Å². The van der Waals surface area contributed by atoms with Crippen LogP contribution in [0.2, 0.25) is 0 Å². The van der Waals surface area contributed by atoms with Crippen molar-refractivity contribution < 1.29 is 19.6 Å². The van der Waals surface area contributed by atoms with Gasteiger partial charge in [0.05, 0.1) is 24.3 Å². The molecule has 0 radical (unpaired) electrons.